The van der Waals surface area contributed by atoms with Crippen LogP contribution >= 0.6 is 23.4 Å². The number of hydrogen-bond donors (Lipinski definition) is 1. The number of rotatable bonds is 4. The van der Waals surface area contributed by atoms with Crippen LogP contribution in [0.2, 0.25) is 5.02 Å². The number of nitrogens with one attached hydrogen (secondary N) is 1. The molecule has 1 spiro atoms. The Kier molecular flexibility index (Phi) is 6.50. The molecule has 0 radical (unpaired) electrons. The van der Waals surface area contributed by atoms with Crippen molar-refractivity contribution in [2.24, 2.45) is 0 Å². The third kappa shape index (κ3) is 4.59. The van der Waals surface area contributed by atoms with E-state index in [1.54, 1.807) is 11.8 Å². The van der Waals surface area contributed by atoms with Gasteiger partial charge in [-0.1, -0.05) is 42.6 Å². The first-order valence-electron chi connectivity index (χ1n) is 12.9. The van der Waals surface area contributed by atoms with Gasteiger partial charge >= 0.3 is 0 Å². The first-order valence-corrected chi connectivity index (χ1v) is 14.1. The van der Waals surface area contributed by atoms with Gasteiger partial charge in [-0.15, -0.1) is 0 Å². The average molecular weight is 517 g/mol. The van der Waals surface area contributed by atoms with Gasteiger partial charge in [0.05, 0.1) is 45.9 Å². The minimum atomic E-state index is -0.403. The summed E-state index contributed by atoms with van der Waals surface area (Å²) in [7, 11) is 0. The van der Waals surface area contributed by atoms with Crippen LogP contribution in [0, 0.1) is 6.92 Å². The molecule has 4 aliphatic rings. The first kappa shape index (κ1) is 23.6. The van der Waals surface area contributed by atoms with Gasteiger partial charge in [0.1, 0.15) is 0 Å². The van der Waals surface area contributed by atoms with Gasteiger partial charge < -0.3 is 19.7 Å². The van der Waals surface area contributed by atoms with Crippen molar-refractivity contribution in [2.75, 3.05) is 36.5 Å². The Hall–Kier alpha value is -1.74. The summed E-state index contributed by atoms with van der Waals surface area (Å²) in [4.78, 5) is 15.4. The number of thioether (sulfide) groups is 1. The molecule has 1 aromatic carbocycles. The Morgan fingerprint density at radius 3 is 2.63 bits per heavy atom. The largest absolute Gasteiger partial charge is 0.370 e. The van der Waals surface area contributed by atoms with Crippen LogP contribution in [0.1, 0.15) is 62.2 Å². The highest BCUT2D eigenvalue weighted by Crippen LogP contribution is 2.43. The third-order valence-electron chi connectivity index (χ3n) is 7.91. The molecule has 188 valence electrons. The third-order valence-corrected chi connectivity index (χ3v) is 9.54. The van der Waals surface area contributed by atoms with Crippen molar-refractivity contribution in [3.8, 4) is 0 Å². The average Bonchev–Trinajstić information content (AvgIpc) is 3.58. The molecule has 3 aliphatic heterocycles. The molecule has 1 saturated carbocycles. The zero-order chi connectivity index (χ0) is 24.0. The van der Waals surface area contributed by atoms with Gasteiger partial charge in [0.25, 0.3) is 0 Å². The van der Waals surface area contributed by atoms with Crippen molar-refractivity contribution < 1.29 is 14.3 Å². The maximum absolute atomic E-state index is 13.2. The second kappa shape index (κ2) is 9.61. The van der Waals surface area contributed by atoms with E-state index in [0.29, 0.717) is 24.3 Å². The summed E-state index contributed by atoms with van der Waals surface area (Å²) in [6, 6.07) is 6.30. The van der Waals surface area contributed by atoms with Crippen LogP contribution in [-0.2, 0) is 20.7 Å². The summed E-state index contributed by atoms with van der Waals surface area (Å²) in [5, 5.41) is 9.66. The molecule has 4 heterocycles. The summed E-state index contributed by atoms with van der Waals surface area (Å²) >= 11 is 8.34. The summed E-state index contributed by atoms with van der Waals surface area (Å²) in [6.45, 7) is 5.10. The van der Waals surface area contributed by atoms with Crippen molar-refractivity contribution in [3.63, 3.8) is 0 Å². The van der Waals surface area contributed by atoms with Crippen LogP contribution in [0.3, 0.4) is 0 Å². The van der Waals surface area contributed by atoms with Crippen LogP contribution in [0.25, 0.3) is 0 Å². The predicted molar refractivity (Wildman–Crippen MR) is 139 cm³/mol. The summed E-state index contributed by atoms with van der Waals surface area (Å²) in [5.74, 6) is -0.375. The van der Waals surface area contributed by atoms with Gasteiger partial charge in [0, 0.05) is 37.2 Å². The molecular weight excluding hydrogens is 484 g/mol. The molecule has 3 fully saturated rings. The first-order chi connectivity index (χ1) is 17.0. The number of fused-ring (bicyclic) bond motifs is 1. The second-order valence-corrected chi connectivity index (χ2v) is 11.8. The minimum absolute atomic E-state index is 0.0278. The zero-order valence-electron chi connectivity index (χ0n) is 20.2. The normalized spacial score (nSPS) is 24.2. The van der Waals surface area contributed by atoms with Gasteiger partial charge in [0.2, 0.25) is 5.91 Å². The Labute approximate surface area is 215 Å². The second-order valence-electron chi connectivity index (χ2n) is 10.2. The quantitative estimate of drug-likeness (QED) is 0.591. The van der Waals surface area contributed by atoms with Crippen LogP contribution in [0.4, 0.5) is 11.4 Å². The molecule has 1 N–H and O–H groups in total. The lowest BCUT2D eigenvalue weighted by Gasteiger charge is -2.39. The Bertz CT molecular complexity index is 1100. The molecule has 9 heteroatoms. The van der Waals surface area contributed by atoms with Crippen LogP contribution in [0.15, 0.2) is 23.2 Å². The predicted octanol–water partition coefficient (Wildman–Crippen LogP) is 5.35. The van der Waals surface area contributed by atoms with Crippen molar-refractivity contribution in [2.45, 2.75) is 80.4 Å². The number of benzene rings is 1. The maximum Gasteiger partial charge on any atom is 0.238 e. The number of carbonyl (C=O) groups is 1. The van der Waals surface area contributed by atoms with E-state index < -0.39 is 5.79 Å². The molecule has 6 rings (SSSR count). The van der Waals surface area contributed by atoms with E-state index in [9.17, 15) is 4.79 Å². The van der Waals surface area contributed by atoms with E-state index in [0.717, 1.165) is 49.4 Å². The lowest BCUT2D eigenvalue weighted by atomic mass is 9.96. The lowest BCUT2D eigenvalue weighted by molar-refractivity contribution is -0.169. The number of halogens is 1. The number of ether oxygens (including phenoxy) is 2. The fourth-order valence-corrected chi connectivity index (χ4v) is 7.60. The highest BCUT2D eigenvalue weighted by atomic mass is 35.5. The number of carbonyl (C=O) groups excluding carboxylic acids is 1. The summed E-state index contributed by atoms with van der Waals surface area (Å²) in [5.41, 5.74) is 4.04. The maximum atomic E-state index is 13.2. The molecule has 1 aliphatic carbocycles. The highest BCUT2D eigenvalue weighted by molar-refractivity contribution is 8.00. The fraction of sp³-hybridized carbons (Fsp3) is 0.615. The number of hydrogen-bond acceptors (Lipinski definition) is 6. The smallest absolute Gasteiger partial charge is 0.238 e. The van der Waals surface area contributed by atoms with Crippen molar-refractivity contribution in [3.05, 3.63) is 34.5 Å². The molecule has 35 heavy (non-hydrogen) atoms. The van der Waals surface area contributed by atoms with Crippen LogP contribution < -0.4 is 10.2 Å². The number of anilines is 2. The molecule has 1 amide bonds. The van der Waals surface area contributed by atoms with Gasteiger partial charge in [-0.25, -0.2) is 0 Å². The number of amides is 1. The van der Waals surface area contributed by atoms with E-state index in [4.69, 9.17) is 26.2 Å². The molecule has 1 aromatic heterocycles. The van der Waals surface area contributed by atoms with E-state index >= 15 is 0 Å². The Morgan fingerprint density at radius 1 is 1.17 bits per heavy atom. The molecule has 0 bridgehead atoms. The molecule has 2 saturated heterocycles. The van der Waals surface area contributed by atoms with Crippen molar-refractivity contribution in [1.82, 2.24) is 9.78 Å². The molecule has 1 unspecified atom stereocenters. The summed E-state index contributed by atoms with van der Waals surface area (Å²) < 4.78 is 13.9. The van der Waals surface area contributed by atoms with Crippen molar-refractivity contribution in [1.29, 1.82) is 0 Å². The van der Waals surface area contributed by atoms with E-state index in [1.165, 1.54) is 42.7 Å². The molecule has 7 nitrogen and oxygen atoms in total. The van der Waals surface area contributed by atoms with Gasteiger partial charge in [-0.05, 0) is 44.4 Å². The molecule has 1 atom stereocenters. The lowest BCUT2D eigenvalue weighted by Crippen LogP contribution is -2.45. The zero-order valence-corrected chi connectivity index (χ0v) is 21.8. The monoisotopic (exact) mass is 516 g/mol. The number of aromatic nitrogens is 2. The topological polar surface area (TPSA) is 68.6 Å². The summed E-state index contributed by atoms with van der Waals surface area (Å²) in [6.07, 6.45) is 8.63. The van der Waals surface area contributed by atoms with Crippen LogP contribution in [0.5, 0.6) is 0 Å². The van der Waals surface area contributed by atoms with Crippen molar-refractivity contribution >= 4 is 40.6 Å². The number of piperidine rings is 1. The van der Waals surface area contributed by atoms with Gasteiger partial charge in [0.15, 0.2) is 5.79 Å². The number of nitrogens with zero attached hydrogens (tertiary/aromatic N) is 3. The van der Waals surface area contributed by atoms with Gasteiger partial charge in [-0.2, -0.15) is 5.10 Å². The minimum Gasteiger partial charge on any atom is -0.370 e. The van der Waals surface area contributed by atoms with Gasteiger partial charge in [-0.3, -0.25) is 9.48 Å². The Balaban J connectivity index is 1.09. The number of aryl methyl sites for hydroxylation is 1. The van der Waals surface area contributed by atoms with E-state index in [-0.39, 0.29) is 11.2 Å². The fourth-order valence-electron chi connectivity index (χ4n) is 5.94. The van der Waals surface area contributed by atoms with E-state index in [1.807, 2.05) is 18.2 Å². The highest BCUT2D eigenvalue weighted by Gasteiger charge is 2.40. The Morgan fingerprint density at radius 2 is 1.91 bits per heavy atom. The molecule has 2 aromatic rings. The van der Waals surface area contributed by atoms with E-state index in [2.05, 4.69) is 21.8 Å². The van der Waals surface area contributed by atoms with Crippen LogP contribution in [-0.4, -0.2) is 53.0 Å². The standard InChI is InChI=1S/C26H33ClN4O3S/c1-17-20-16-23(35-25(20)31(29-17)19-5-3-2-4-6-19)24(32)28-18-7-8-22(21(27)15-18)30-11-9-26(10-12-30)33-13-14-34-26/h7-8,15,19,23H,2-6,9-14,16H2,1H3,(H,28,32). The SMILES string of the molecule is Cc1nn(C2CCCCC2)c2c1CC(C(=O)Nc1ccc(N3CCC4(CC3)OCCO4)c(Cl)c1)S2. The molecular formula is C26H33ClN4O3S.